The summed E-state index contributed by atoms with van der Waals surface area (Å²) in [5.74, 6) is -0.468. The van der Waals surface area contributed by atoms with Gasteiger partial charge in [0.2, 0.25) is 0 Å². The Kier molecular flexibility index (Phi) is 1.55. The van der Waals surface area contributed by atoms with E-state index in [1.165, 1.54) is 4.68 Å². The number of hydrogen-bond donors (Lipinski definition) is 1. The third-order valence-corrected chi connectivity index (χ3v) is 1.91. The van der Waals surface area contributed by atoms with Gasteiger partial charge in [0, 0.05) is 12.4 Å². The SMILES string of the molecule is Cn1nc2cc[c]cc2c1C(N)=O. The number of nitrogens with zero attached hydrogens (tertiary/aromatic N) is 2. The highest BCUT2D eigenvalue weighted by molar-refractivity contribution is 6.04. The Morgan fingerprint density at radius 2 is 2.46 bits per heavy atom. The monoisotopic (exact) mass is 174 g/mol. The molecular formula is C9H8N3O. The summed E-state index contributed by atoms with van der Waals surface area (Å²) in [5.41, 5.74) is 6.39. The summed E-state index contributed by atoms with van der Waals surface area (Å²) in [6.07, 6.45) is 0. The molecule has 0 saturated heterocycles. The molecule has 1 amide bonds. The van der Waals surface area contributed by atoms with Crippen molar-refractivity contribution in [2.45, 2.75) is 0 Å². The van der Waals surface area contributed by atoms with E-state index in [1.54, 1.807) is 25.2 Å². The Bertz CT molecular complexity index is 473. The average molecular weight is 174 g/mol. The average Bonchev–Trinajstić information content (AvgIpc) is 2.39. The molecule has 2 N–H and O–H groups in total. The summed E-state index contributed by atoms with van der Waals surface area (Å²) < 4.78 is 1.49. The topological polar surface area (TPSA) is 60.9 Å². The Labute approximate surface area is 75.0 Å². The first-order valence-corrected chi connectivity index (χ1v) is 3.83. The molecule has 2 aromatic rings. The minimum atomic E-state index is -0.468. The molecular weight excluding hydrogens is 166 g/mol. The molecule has 0 fully saturated rings. The molecule has 1 radical (unpaired) electrons. The zero-order chi connectivity index (χ0) is 9.42. The summed E-state index contributed by atoms with van der Waals surface area (Å²) in [7, 11) is 1.69. The van der Waals surface area contributed by atoms with E-state index in [2.05, 4.69) is 11.2 Å². The molecule has 0 aliphatic heterocycles. The molecule has 1 heterocycles. The first-order valence-electron chi connectivity index (χ1n) is 3.83. The quantitative estimate of drug-likeness (QED) is 0.683. The smallest absolute Gasteiger partial charge is 0.267 e. The Balaban J connectivity index is 2.86. The highest BCUT2D eigenvalue weighted by atomic mass is 16.1. The second kappa shape index (κ2) is 2.58. The van der Waals surface area contributed by atoms with E-state index in [9.17, 15) is 4.79 Å². The molecule has 1 aromatic carbocycles. The molecule has 0 spiro atoms. The second-order valence-corrected chi connectivity index (χ2v) is 2.78. The summed E-state index contributed by atoms with van der Waals surface area (Å²) in [6, 6.07) is 8.14. The van der Waals surface area contributed by atoms with Crippen molar-refractivity contribution in [3.63, 3.8) is 0 Å². The van der Waals surface area contributed by atoms with Crippen LogP contribution in [0.1, 0.15) is 10.5 Å². The van der Waals surface area contributed by atoms with Crippen LogP contribution in [-0.2, 0) is 7.05 Å². The number of rotatable bonds is 1. The fourth-order valence-electron chi connectivity index (χ4n) is 1.38. The van der Waals surface area contributed by atoms with Crippen molar-refractivity contribution in [1.29, 1.82) is 0 Å². The number of hydrogen-bond acceptors (Lipinski definition) is 2. The second-order valence-electron chi connectivity index (χ2n) is 2.78. The van der Waals surface area contributed by atoms with Crippen LogP contribution >= 0.6 is 0 Å². The van der Waals surface area contributed by atoms with Crippen LogP contribution in [-0.4, -0.2) is 15.7 Å². The zero-order valence-corrected chi connectivity index (χ0v) is 7.11. The highest BCUT2D eigenvalue weighted by Gasteiger charge is 2.12. The van der Waals surface area contributed by atoms with Crippen molar-refractivity contribution in [3.05, 3.63) is 30.0 Å². The zero-order valence-electron chi connectivity index (χ0n) is 7.11. The van der Waals surface area contributed by atoms with E-state index < -0.39 is 5.91 Å². The summed E-state index contributed by atoms with van der Waals surface area (Å²) in [4.78, 5) is 11.0. The van der Waals surface area contributed by atoms with Crippen LogP contribution in [0.4, 0.5) is 0 Å². The number of primary amides is 1. The Morgan fingerprint density at radius 3 is 3.15 bits per heavy atom. The first kappa shape index (κ1) is 7.79. The maximum Gasteiger partial charge on any atom is 0.267 e. The maximum absolute atomic E-state index is 11.0. The lowest BCUT2D eigenvalue weighted by Gasteiger charge is -1.94. The summed E-state index contributed by atoms with van der Waals surface area (Å²) in [6.45, 7) is 0. The minimum Gasteiger partial charge on any atom is -0.364 e. The van der Waals surface area contributed by atoms with Crippen molar-refractivity contribution in [3.8, 4) is 0 Å². The number of carbonyl (C=O) groups is 1. The molecule has 0 saturated carbocycles. The van der Waals surface area contributed by atoms with Gasteiger partial charge in [0.25, 0.3) is 5.91 Å². The van der Waals surface area contributed by atoms with Crippen molar-refractivity contribution in [1.82, 2.24) is 9.78 Å². The highest BCUT2D eigenvalue weighted by Crippen LogP contribution is 2.15. The molecule has 4 heteroatoms. The van der Waals surface area contributed by atoms with E-state index in [4.69, 9.17) is 5.73 Å². The normalized spacial score (nSPS) is 10.5. The van der Waals surface area contributed by atoms with Gasteiger partial charge in [-0.25, -0.2) is 0 Å². The molecule has 65 valence electrons. The molecule has 0 bridgehead atoms. The standard InChI is InChI=1S/C9H8N3O/c1-12-8(9(10)13)6-4-2-3-5-7(6)11-12/h3-5H,1H3,(H2,10,13). The van der Waals surface area contributed by atoms with Crippen LogP contribution < -0.4 is 5.73 Å². The fraction of sp³-hybridized carbons (Fsp3) is 0.111. The van der Waals surface area contributed by atoms with E-state index in [0.29, 0.717) is 5.69 Å². The van der Waals surface area contributed by atoms with Crippen LogP contribution in [0.25, 0.3) is 10.9 Å². The van der Waals surface area contributed by atoms with Gasteiger partial charge < -0.3 is 5.73 Å². The predicted octanol–water partition coefficient (Wildman–Crippen LogP) is 0.472. The Hall–Kier alpha value is -1.84. The van der Waals surface area contributed by atoms with Gasteiger partial charge in [0.15, 0.2) is 0 Å². The maximum atomic E-state index is 11.0. The predicted molar refractivity (Wildman–Crippen MR) is 48.1 cm³/mol. The van der Waals surface area contributed by atoms with E-state index in [-0.39, 0.29) is 0 Å². The van der Waals surface area contributed by atoms with Crippen LogP contribution in [0.3, 0.4) is 0 Å². The number of nitrogens with two attached hydrogens (primary N) is 1. The number of amides is 1. The number of aromatic nitrogens is 2. The molecule has 0 aliphatic carbocycles. The largest absolute Gasteiger partial charge is 0.364 e. The van der Waals surface area contributed by atoms with Crippen LogP contribution in [0.5, 0.6) is 0 Å². The van der Waals surface area contributed by atoms with Gasteiger partial charge in [-0.15, -0.1) is 0 Å². The summed E-state index contributed by atoms with van der Waals surface area (Å²) >= 11 is 0. The minimum absolute atomic E-state index is 0.423. The molecule has 0 unspecified atom stereocenters. The number of benzene rings is 1. The van der Waals surface area contributed by atoms with Gasteiger partial charge in [-0.1, -0.05) is 6.07 Å². The summed E-state index contributed by atoms with van der Waals surface area (Å²) in [5, 5.41) is 4.88. The molecule has 0 aliphatic rings. The van der Waals surface area contributed by atoms with Crippen molar-refractivity contribution in [2.75, 3.05) is 0 Å². The lowest BCUT2D eigenvalue weighted by Crippen LogP contribution is -2.15. The van der Waals surface area contributed by atoms with Gasteiger partial charge in [-0.3, -0.25) is 9.48 Å². The van der Waals surface area contributed by atoms with Gasteiger partial charge in [-0.2, -0.15) is 5.10 Å². The lowest BCUT2D eigenvalue weighted by molar-refractivity contribution is 0.0993. The van der Waals surface area contributed by atoms with Crippen LogP contribution in [0, 0.1) is 6.07 Å². The third-order valence-electron chi connectivity index (χ3n) is 1.91. The number of aryl methyl sites for hydroxylation is 1. The van der Waals surface area contributed by atoms with Gasteiger partial charge in [0.05, 0.1) is 5.52 Å². The molecule has 2 rings (SSSR count). The molecule has 0 atom stereocenters. The van der Waals surface area contributed by atoms with Gasteiger partial charge in [-0.05, 0) is 18.2 Å². The van der Waals surface area contributed by atoms with Gasteiger partial charge >= 0.3 is 0 Å². The van der Waals surface area contributed by atoms with Gasteiger partial charge in [0.1, 0.15) is 5.69 Å². The van der Waals surface area contributed by atoms with E-state index >= 15 is 0 Å². The van der Waals surface area contributed by atoms with Crippen LogP contribution in [0.15, 0.2) is 18.2 Å². The lowest BCUT2D eigenvalue weighted by atomic mass is 10.2. The number of fused-ring (bicyclic) bond motifs is 1. The Morgan fingerprint density at radius 1 is 1.69 bits per heavy atom. The first-order chi connectivity index (χ1) is 6.20. The molecule has 13 heavy (non-hydrogen) atoms. The van der Waals surface area contributed by atoms with Crippen molar-refractivity contribution in [2.24, 2.45) is 12.8 Å². The van der Waals surface area contributed by atoms with E-state index in [1.807, 2.05) is 0 Å². The van der Waals surface area contributed by atoms with Crippen molar-refractivity contribution < 1.29 is 4.79 Å². The fourth-order valence-corrected chi connectivity index (χ4v) is 1.38. The molecule has 4 nitrogen and oxygen atoms in total. The van der Waals surface area contributed by atoms with Crippen molar-refractivity contribution >= 4 is 16.8 Å². The van der Waals surface area contributed by atoms with E-state index in [0.717, 1.165) is 10.9 Å². The number of carbonyl (C=O) groups excluding carboxylic acids is 1. The molecule has 1 aromatic heterocycles. The third kappa shape index (κ3) is 1.07. The van der Waals surface area contributed by atoms with Crippen LogP contribution in [0.2, 0.25) is 0 Å².